The van der Waals surface area contributed by atoms with Crippen LogP contribution in [0.5, 0.6) is 0 Å². The predicted octanol–water partition coefficient (Wildman–Crippen LogP) is 2.73. The highest BCUT2D eigenvalue weighted by Crippen LogP contribution is 2.44. The molecular formula is C14H28N2. The van der Waals surface area contributed by atoms with E-state index in [2.05, 4.69) is 44.4 Å². The van der Waals surface area contributed by atoms with Gasteiger partial charge in [0.1, 0.15) is 0 Å². The van der Waals surface area contributed by atoms with Crippen molar-refractivity contribution in [2.45, 2.75) is 71.0 Å². The summed E-state index contributed by atoms with van der Waals surface area (Å²) in [7, 11) is 0. The van der Waals surface area contributed by atoms with Crippen LogP contribution in [0, 0.1) is 0 Å². The number of nitrogens with zero attached hydrogens (tertiary/aromatic N) is 2. The first-order valence-corrected chi connectivity index (χ1v) is 6.87. The molecule has 0 saturated carbocycles. The highest BCUT2D eigenvalue weighted by atomic mass is 15.3. The maximum absolute atomic E-state index is 2.75. The Morgan fingerprint density at radius 1 is 0.938 bits per heavy atom. The third-order valence-electron chi connectivity index (χ3n) is 4.64. The lowest BCUT2D eigenvalue weighted by Crippen LogP contribution is -2.69. The molecule has 0 bridgehead atoms. The van der Waals surface area contributed by atoms with E-state index in [-0.39, 0.29) is 0 Å². The molecule has 2 aliphatic rings. The van der Waals surface area contributed by atoms with Crippen molar-refractivity contribution in [2.24, 2.45) is 0 Å². The topological polar surface area (TPSA) is 6.48 Å². The lowest BCUT2D eigenvalue weighted by Gasteiger charge is -2.62. The van der Waals surface area contributed by atoms with E-state index in [0.717, 1.165) is 6.04 Å². The van der Waals surface area contributed by atoms with E-state index in [9.17, 15) is 0 Å². The Morgan fingerprint density at radius 2 is 1.44 bits per heavy atom. The van der Waals surface area contributed by atoms with Crippen molar-refractivity contribution >= 4 is 0 Å². The van der Waals surface area contributed by atoms with Crippen molar-refractivity contribution < 1.29 is 0 Å². The Labute approximate surface area is 101 Å². The zero-order chi connectivity index (χ0) is 12.0. The molecule has 2 saturated heterocycles. The number of hydrogen-bond donors (Lipinski definition) is 0. The fourth-order valence-corrected chi connectivity index (χ4v) is 3.56. The van der Waals surface area contributed by atoms with Gasteiger partial charge in [-0.2, -0.15) is 0 Å². The normalized spacial score (nSPS) is 27.4. The number of likely N-dealkylation sites (tertiary alicyclic amines) is 2. The van der Waals surface area contributed by atoms with Gasteiger partial charge in [0.25, 0.3) is 0 Å². The molecular weight excluding hydrogens is 196 g/mol. The van der Waals surface area contributed by atoms with Gasteiger partial charge in [0.05, 0.1) is 0 Å². The lowest BCUT2D eigenvalue weighted by atomic mass is 9.73. The van der Waals surface area contributed by atoms with Crippen LogP contribution < -0.4 is 0 Å². The molecule has 0 amide bonds. The molecule has 94 valence electrons. The van der Waals surface area contributed by atoms with E-state index in [1.807, 2.05) is 0 Å². The molecule has 2 rings (SSSR count). The van der Waals surface area contributed by atoms with Crippen LogP contribution in [0.25, 0.3) is 0 Å². The lowest BCUT2D eigenvalue weighted by molar-refractivity contribution is -0.113. The van der Waals surface area contributed by atoms with E-state index in [1.54, 1.807) is 0 Å². The van der Waals surface area contributed by atoms with Crippen LogP contribution in [0.15, 0.2) is 0 Å². The molecule has 0 aromatic rings. The standard InChI is InChI=1S/C14H28N2/c1-12(2)15-9-6-14(7-10-15)8-11-16(14)13(3,4)5/h12H,6-11H2,1-5H3. The molecule has 0 aromatic carbocycles. The number of piperidine rings is 1. The Hall–Kier alpha value is -0.0800. The summed E-state index contributed by atoms with van der Waals surface area (Å²) in [5.74, 6) is 0. The highest BCUT2D eigenvalue weighted by molar-refractivity contribution is 5.06. The monoisotopic (exact) mass is 224 g/mol. The number of rotatable bonds is 1. The number of hydrogen-bond acceptors (Lipinski definition) is 2. The molecule has 0 atom stereocenters. The van der Waals surface area contributed by atoms with Crippen molar-refractivity contribution in [1.29, 1.82) is 0 Å². The molecule has 2 aliphatic heterocycles. The first-order valence-electron chi connectivity index (χ1n) is 6.87. The quantitative estimate of drug-likeness (QED) is 0.676. The van der Waals surface area contributed by atoms with Crippen molar-refractivity contribution in [3.63, 3.8) is 0 Å². The summed E-state index contributed by atoms with van der Waals surface area (Å²) in [6.45, 7) is 15.6. The minimum Gasteiger partial charge on any atom is -0.301 e. The van der Waals surface area contributed by atoms with Crippen molar-refractivity contribution in [2.75, 3.05) is 19.6 Å². The van der Waals surface area contributed by atoms with Gasteiger partial charge in [0, 0.05) is 36.8 Å². The van der Waals surface area contributed by atoms with Crippen LogP contribution in [0.4, 0.5) is 0 Å². The molecule has 2 heterocycles. The maximum Gasteiger partial charge on any atom is 0.0251 e. The third-order valence-corrected chi connectivity index (χ3v) is 4.64. The smallest absolute Gasteiger partial charge is 0.0251 e. The Balaban J connectivity index is 1.98. The minimum atomic E-state index is 0.359. The van der Waals surface area contributed by atoms with Crippen LogP contribution in [0.2, 0.25) is 0 Å². The summed E-state index contributed by atoms with van der Waals surface area (Å²) >= 11 is 0. The summed E-state index contributed by atoms with van der Waals surface area (Å²) in [5.41, 5.74) is 0.919. The second-order valence-electron chi connectivity index (χ2n) is 6.93. The van der Waals surface area contributed by atoms with Crippen molar-refractivity contribution in [1.82, 2.24) is 9.80 Å². The van der Waals surface area contributed by atoms with E-state index >= 15 is 0 Å². The fourth-order valence-electron chi connectivity index (χ4n) is 3.56. The molecule has 2 heteroatoms. The fraction of sp³-hybridized carbons (Fsp3) is 1.00. The minimum absolute atomic E-state index is 0.359. The summed E-state index contributed by atoms with van der Waals surface area (Å²) in [5, 5.41) is 0. The first kappa shape index (κ1) is 12.4. The molecule has 2 nitrogen and oxygen atoms in total. The van der Waals surface area contributed by atoms with E-state index in [4.69, 9.17) is 0 Å². The molecule has 0 aliphatic carbocycles. The summed E-state index contributed by atoms with van der Waals surface area (Å²) in [6.07, 6.45) is 4.18. The van der Waals surface area contributed by atoms with Gasteiger partial charge in [0.2, 0.25) is 0 Å². The second kappa shape index (κ2) is 3.99. The largest absolute Gasteiger partial charge is 0.301 e. The second-order valence-corrected chi connectivity index (χ2v) is 6.93. The zero-order valence-corrected chi connectivity index (χ0v) is 11.7. The first-order chi connectivity index (χ1) is 7.35. The summed E-state index contributed by atoms with van der Waals surface area (Å²) in [6, 6.07) is 0.723. The van der Waals surface area contributed by atoms with Crippen LogP contribution >= 0.6 is 0 Å². The molecule has 0 N–H and O–H groups in total. The van der Waals surface area contributed by atoms with Crippen molar-refractivity contribution in [3.05, 3.63) is 0 Å². The SMILES string of the molecule is CC(C)N1CCC2(CC1)CCN2C(C)(C)C. The van der Waals surface area contributed by atoms with Gasteiger partial charge in [-0.25, -0.2) is 0 Å². The Bertz CT molecular complexity index is 244. The zero-order valence-electron chi connectivity index (χ0n) is 11.7. The average molecular weight is 224 g/mol. The van der Waals surface area contributed by atoms with Crippen LogP contribution in [0.1, 0.15) is 53.9 Å². The van der Waals surface area contributed by atoms with Crippen LogP contribution in [0.3, 0.4) is 0 Å². The molecule has 0 unspecified atom stereocenters. The van der Waals surface area contributed by atoms with Gasteiger partial charge >= 0.3 is 0 Å². The van der Waals surface area contributed by atoms with E-state index < -0.39 is 0 Å². The molecule has 2 fully saturated rings. The van der Waals surface area contributed by atoms with E-state index in [1.165, 1.54) is 38.9 Å². The Morgan fingerprint density at radius 3 is 1.75 bits per heavy atom. The maximum atomic E-state index is 2.75. The van der Waals surface area contributed by atoms with Crippen molar-refractivity contribution in [3.8, 4) is 0 Å². The third kappa shape index (κ3) is 2.02. The molecule has 1 spiro atoms. The van der Waals surface area contributed by atoms with Gasteiger partial charge in [-0.1, -0.05) is 0 Å². The van der Waals surface area contributed by atoms with Gasteiger partial charge in [-0.15, -0.1) is 0 Å². The Kier molecular flexibility index (Phi) is 3.09. The van der Waals surface area contributed by atoms with Gasteiger partial charge < -0.3 is 4.90 Å². The molecule has 16 heavy (non-hydrogen) atoms. The highest BCUT2D eigenvalue weighted by Gasteiger charge is 2.50. The molecule has 0 aromatic heterocycles. The summed E-state index contributed by atoms with van der Waals surface area (Å²) in [4.78, 5) is 5.38. The van der Waals surface area contributed by atoms with Gasteiger partial charge in [-0.3, -0.25) is 4.90 Å². The average Bonchev–Trinajstić information content (AvgIpc) is 2.13. The van der Waals surface area contributed by atoms with Crippen LogP contribution in [-0.2, 0) is 0 Å². The molecule has 0 radical (unpaired) electrons. The van der Waals surface area contributed by atoms with E-state index in [0.29, 0.717) is 11.1 Å². The predicted molar refractivity (Wildman–Crippen MR) is 69.8 cm³/mol. The summed E-state index contributed by atoms with van der Waals surface area (Å²) < 4.78 is 0. The van der Waals surface area contributed by atoms with Gasteiger partial charge in [0.15, 0.2) is 0 Å². The van der Waals surface area contributed by atoms with Crippen LogP contribution in [-0.4, -0.2) is 46.6 Å². The van der Waals surface area contributed by atoms with Gasteiger partial charge in [-0.05, 0) is 53.9 Å².